The summed E-state index contributed by atoms with van der Waals surface area (Å²) in [6.45, 7) is 4.22. The van der Waals surface area contributed by atoms with Gasteiger partial charge in [-0.3, -0.25) is 4.79 Å². The predicted octanol–water partition coefficient (Wildman–Crippen LogP) is 7.97. The first-order chi connectivity index (χ1) is 17.1. The molecule has 1 amide bonds. The number of amides is 1. The molecule has 4 aromatic rings. The molecule has 0 aliphatic rings. The summed E-state index contributed by atoms with van der Waals surface area (Å²) in [6, 6.07) is 30.1. The molecular formula is C31H31NO2S. The van der Waals surface area contributed by atoms with Crippen molar-refractivity contribution in [2.75, 3.05) is 11.1 Å². The van der Waals surface area contributed by atoms with Gasteiger partial charge >= 0.3 is 0 Å². The molecule has 4 rings (SSSR count). The summed E-state index contributed by atoms with van der Waals surface area (Å²) in [5.41, 5.74) is 6.82. The van der Waals surface area contributed by atoms with Gasteiger partial charge < -0.3 is 10.4 Å². The molecule has 0 saturated heterocycles. The molecule has 35 heavy (non-hydrogen) atoms. The summed E-state index contributed by atoms with van der Waals surface area (Å²) in [4.78, 5) is 13.8. The Morgan fingerprint density at radius 3 is 1.77 bits per heavy atom. The van der Waals surface area contributed by atoms with Gasteiger partial charge in [0, 0.05) is 33.9 Å². The van der Waals surface area contributed by atoms with Crippen molar-refractivity contribution in [2.24, 2.45) is 0 Å². The van der Waals surface area contributed by atoms with Gasteiger partial charge in [0.05, 0.1) is 0 Å². The smallest absolute Gasteiger partial charge is 0.225 e. The highest BCUT2D eigenvalue weighted by Gasteiger charge is 2.15. The number of benzene rings is 4. The van der Waals surface area contributed by atoms with E-state index in [1.807, 2.05) is 72.8 Å². The first-order valence-electron chi connectivity index (χ1n) is 12.1. The van der Waals surface area contributed by atoms with Crippen LogP contribution >= 0.6 is 11.8 Å². The molecule has 0 aliphatic heterocycles. The first-order valence-corrected chi connectivity index (χ1v) is 13.1. The summed E-state index contributed by atoms with van der Waals surface area (Å²) in [6.07, 6.45) is 2.18. The number of phenols is 1. The molecule has 4 heteroatoms. The second kappa shape index (κ2) is 11.8. The number of thioether (sulfide) groups is 1. The third kappa shape index (κ3) is 5.95. The average molecular weight is 482 g/mol. The number of aromatic hydroxyl groups is 1. The monoisotopic (exact) mass is 481 g/mol. The van der Waals surface area contributed by atoms with E-state index < -0.39 is 0 Å². The van der Waals surface area contributed by atoms with Crippen LogP contribution in [0.15, 0.2) is 95.9 Å². The fraction of sp³-hybridized carbons (Fsp3) is 0.194. The average Bonchev–Trinajstić information content (AvgIpc) is 2.90. The fourth-order valence-electron chi connectivity index (χ4n) is 4.23. The van der Waals surface area contributed by atoms with Crippen LogP contribution in [0.1, 0.15) is 31.4 Å². The second-order valence-electron chi connectivity index (χ2n) is 8.40. The minimum Gasteiger partial charge on any atom is -0.507 e. The number of nitrogens with one attached hydrogen (secondary N) is 1. The van der Waals surface area contributed by atoms with Crippen molar-refractivity contribution in [3.63, 3.8) is 0 Å². The molecule has 0 aliphatic carbocycles. The summed E-state index contributed by atoms with van der Waals surface area (Å²) >= 11 is 1.63. The van der Waals surface area contributed by atoms with Gasteiger partial charge in [0.25, 0.3) is 0 Å². The van der Waals surface area contributed by atoms with E-state index in [2.05, 4.69) is 37.4 Å². The number of hydrogen-bond donors (Lipinski definition) is 2. The van der Waals surface area contributed by atoms with Gasteiger partial charge in [-0.25, -0.2) is 0 Å². The molecule has 0 heterocycles. The number of carbonyl (C=O) groups excluding carboxylic acids is 1. The van der Waals surface area contributed by atoms with E-state index >= 15 is 0 Å². The summed E-state index contributed by atoms with van der Waals surface area (Å²) < 4.78 is 0. The Balaban J connectivity index is 1.53. The molecular weight excluding hydrogens is 450 g/mol. The highest BCUT2D eigenvalue weighted by Crippen LogP contribution is 2.41. The topological polar surface area (TPSA) is 49.3 Å². The van der Waals surface area contributed by atoms with Crippen LogP contribution < -0.4 is 5.32 Å². The number of aryl methyl sites for hydroxylation is 2. The maximum absolute atomic E-state index is 12.8. The standard InChI is InChI=1S/C31H31NO2S/c1-3-22-16-11-17-23(4-2)30(22)32-29(33)18-19-35-26-20-27(24-12-7-5-8-13-24)31(34)28(21-26)25-14-9-6-10-15-25/h5-17,20-21,34H,3-4,18-19H2,1-2H3,(H,32,33). The van der Waals surface area contributed by atoms with Crippen molar-refractivity contribution in [2.45, 2.75) is 38.0 Å². The number of phenolic OH excluding ortho intramolecular Hbond substituents is 1. The molecule has 0 radical (unpaired) electrons. The number of para-hydroxylation sites is 1. The van der Waals surface area contributed by atoms with E-state index in [4.69, 9.17) is 0 Å². The lowest BCUT2D eigenvalue weighted by atomic mass is 9.97. The third-order valence-corrected chi connectivity index (χ3v) is 7.09. The Labute approximate surface area is 212 Å². The molecule has 3 nitrogen and oxygen atoms in total. The maximum atomic E-state index is 12.8. The molecule has 0 aromatic heterocycles. The minimum absolute atomic E-state index is 0.0263. The SMILES string of the molecule is CCc1cccc(CC)c1NC(=O)CCSc1cc(-c2ccccc2)c(O)c(-c2ccccc2)c1. The van der Waals surface area contributed by atoms with E-state index in [1.54, 1.807) is 11.8 Å². The zero-order valence-electron chi connectivity index (χ0n) is 20.3. The van der Waals surface area contributed by atoms with E-state index in [-0.39, 0.29) is 11.7 Å². The Bertz CT molecular complexity index is 1200. The molecule has 4 aromatic carbocycles. The van der Waals surface area contributed by atoms with Crippen LogP contribution in [0.3, 0.4) is 0 Å². The van der Waals surface area contributed by atoms with E-state index in [1.165, 1.54) is 11.1 Å². The van der Waals surface area contributed by atoms with Crippen LogP contribution in [0.2, 0.25) is 0 Å². The van der Waals surface area contributed by atoms with Gasteiger partial charge in [-0.2, -0.15) is 0 Å². The van der Waals surface area contributed by atoms with Crippen molar-refractivity contribution in [3.8, 4) is 28.0 Å². The quantitative estimate of drug-likeness (QED) is 0.238. The van der Waals surface area contributed by atoms with Gasteiger partial charge in [0.1, 0.15) is 5.75 Å². The number of rotatable bonds is 9. The Morgan fingerprint density at radius 2 is 1.29 bits per heavy atom. The second-order valence-corrected chi connectivity index (χ2v) is 9.57. The van der Waals surface area contributed by atoms with Gasteiger partial charge in [-0.05, 0) is 47.2 Å². The normalized spacial score (nSPS) is 10.8. The molecule has 0 spiro atoms. The van der Waals surface area contributed by atoms with Crippen LogP contribution in [0.5, 0.6) is 5.75 Å². The molecule has 0 atom stereocenters. The molecule has 0 bridgehead atoms. The Kier molecular flexibility index (Phi) is 8.27. The van der Waals surface area contributed by atoms with Crippen molar-refractivity contribution in [1.29, 1.82) is 0 Å². The summed E-state index contributed by atoms with van der Waals surface area (Å²) in [7, 11) is 0. The summed E-state index contributed by atoms with van der Waals surface area (Å²) in [5, 5.41) is 14.3. The molecule has 2 N–H and O–H groups in total. The lowest BCUT2D eigenvalue weighted by Gasteiger charge is -2.15. The van der Waals surface area contributed by atoms with E-state index in [0.717, 1.165) is 45.7 Å². The molecule has 0 unspecified atom stereocenters. The number of hydrogen-bond acceptors (Lipinski definition) is 3. The zero-order valence-corrected chi connectivity index (χ0v) is 21.1. The van der Waals surface area contributed by atoms with Crippen molar-refractivity contribution in [1.82, 2.24) is 0 Å². The molecule has 0 fully saturated rings. The Morgan fingerprint density at radius 1 is 0.771 bits per heavy atom. The lowest BCUT2D eigenvalue weighted by molar-refractivity contribution is -0.115. The first kappa shape index (κ1) is 24.6. The van der Waals surface area contributed by atoms with Crippen LogP contribution in [0.4, 0.5) is 5.69 Å². The van der Waals surface area contributed by atoms with Crippen molar-refractivity contribution < 1.29 is 9.90 Å². The summed E-state index contributed by atoms with van der Waals surface area (Å²) in [5.74, 6) is 0.945. The fourth-order valence-corrected chi connectivity index (χ4v) is 5.16. The number of carbonyl (C=O) groups is 1. The van der Waals surface area contributed by atoms with Crippen molar-refractivity contribution in [3.05, 3.63) is 102 Å². The third-order valence-electron chi connectivity index (χ3n) is 6.11. The largest absolute Gasteiger partial charge is 0.507 e. The molecule has 0 saturated carbocycles. The van der Waals surface area contributed by atoms with Gasteiger partial charge in [-0.1, -0.05) is 92.7 Å². The zero-order chi connectivity index (χ0) is 24.6. The highest BCUT2D eigenvalue weighted by molar-refractivity contribution is 7.99. The minimum atomic E-state index is 0.0263. The Hall–Kier alpha value is -3.50. The van der Waals surface area contributed by atoms with Crippen LogP contribution in [0.25, 0.3) is 22.3 Å². The predicted molar refractivity (Wildman–Crippen MR) is 148 cm³/mol. The van der Waals surface area contributed by atoms with Gasteiger partial charge in [0.15, 0.2) is 0 Å². The van der Waals surface area contributed by atoms with Crippen LogP contribution in [-0.4, -0.2) is 16.8 Å². The van der Waals surface area contributed by atoms with Gasteiger partial charge in [0.2, 0.25) is 5.91 Å². The van der Waals surface area contributed by atoms with Gasteiger partial charge in [-0.15, -0.1) is 11.8 Å². The molecule has 178 valence electrons. The maximum Gasteiger partial charge on any atom is 0.225 e. The van der Waals surface area contributed by atoms with E-state index in [0.29, 0.717) is 12.2 Å². The van der Waals surface area contributed by atoms with Crippen LogP contribution in [-0.2, 0) is 17.6 Å². The van der Waals surface area contributed by atoms with Crippen molar-refractivity contribution >= 4 is 23.4 Å². The highest BCUT2D eigenvalue weighted by atomic mass is 32.2. The lowest BCUT2D eigenvalue weighted by Crippen LogP contribution is -2.15. The van der Waals surface area contributed by atoms with E-state index in [9.17, 15) is 9.90 Å². The van der Waals surface area contributed by atoms with Crippen LogP contribution in [0, 0.1) is 0 Å². The number of anilines is 1.